The topological polar surface area (TPSA) is 63.2 Å². The molecule has 0 aromatic carbocycles. The molecule has 0 unspecified atom stereocenters. The van der Waals surface area contributed by atoms with Gasteiger partial charge in [0.05, 0.1) is 6.61 Å². The number of aromatic nitrogens is 1. The van der Waals surface area contributed by atoms with Gasteiger partial charge < -0.3 is 10.1 Å². The zero-order chi connectivity index (χ0) is 17.9. The van der Waals surface area contributed by atoms with Crippen molar-refractivity contribution < 1.29 is 35.9 Å². The average Bonchev–Trinajstić information content (AvgIpc) is 2.38. The number of aryl methyl sites for hydroxylation is 1. The van der Waals surface area contributed by atoms with Gasteiger partial charge in [0, 0.05) is 6.20 Å². The van der Waals surface area contributed by atoms with Gasteiger partial charge in [0.25, 0.3) is 0 Å². The number of rotatable bonds is 4. The molecule has 0 bridgehead atoms. The van der Waals surface area contributed by atoms with E-state index >= 15 is 0 Å². The van der Waals surface area contributed by atoms with Crippen LogP contribution in [0.2, 0.25) is 0 Å². The number of ether oxygens (including phenoxy) is 1. The van der Waals surface area contributed by atoms with E-state index in [1.54, 1.807) is 0 Å². The van der Waals surface area contributed by atoms with Crippen LogP contribution in [0, 0.1) is 6.92 Å². The summed E-state index contributed by atoms with van der Waals surface area (Å²) in [6, 6.07) is 2.60. The van der Waals surface area contributed by atoms with E-state index in [2.05, 4.69) is 9.72 Å². The first kappa shape index (κ1) is 18.8. The quantitative estimate of drug-likeness (QED) is 0.649. The Bertz CT molecular complexity index is 544. The van der Waals surface area contributed by atoms with Crippen molar-refractivity contribution in [1.82, 2.24) is 10.3 Å². The summed E-state index contributed by atoms with van der Waals surface area (Å²) in [5, 5.41) is 2.08. The maximum atomic E-state index is 13.2. The minimum Gasteiger partial charge on any atom is -0.450 e. The van der Waals surface area contributed by atoms with E-state index in [4.69, 9.17) is 0 Å². The first-order chi connectivity index (χ1) is 10.4. The van der Waals surface area contributed by atoms with Crippen molar-refractivity contribution >= 4 is 11.9 Å². The molecule has 11 heteroatoms. The SMILES string of the molecule is CCOC(=O)NC(Nc1ncccc1C)(C(F)(F)F)C(F)(F)F. The molecule has 1 aromatic rings. The van der Waals surface area contributed by atoms with E-state index < -0.39 is 36.5 Å². The molecule has 1 aromatic heterocycles. The van der Waals surface area contributed by atoms with Crippen LogP contribution in [0.4, 0.5) is 37.0 Å². The number of hydrogen-bond acceptors (Lipinski definition) is 4. The van der Waals surface area contributed by atoms with Crippen LogP contribution in [0.5, 0.6) is 0 Å². The molecule has 5 nitrogen and oxygen atoms in total. The van der Waals surface area contributed by atoms with Gasteiger partial charge in [0.15, 0.2) is 0 Å². The van der Waals surface area contributed by atoms with E-state index in [0.717, 1.165) is 11.5 Å². The highest BCUT2D eigenvalue weighted by Crippen LogP contribution is 2.43. The van der Waals surface area contributed by atoms with Crippen molar-refractivity contribution in [2.75, 3.05) is 11.9 Å². The third kappa shape index (κ3) is 3.96. The van der Waals surface area contributed by atoms with Crippen LogP contribution in [0.3, 0.4) is 0 Å². The molecule has 0 aliphatic carbocycles. The number of carbonyl (C=O) groups excluding carboxylic acids is 1. The van der Waals surface area contributed by atoms with Crippen molar-refractivity contribution in [3.05, 3.63) is 23.9 Å². The predicted molar refractivity (Wildman–Crippen MR) is 67.6 cm³/mol. The van der Waals surface area contributed by atoms with Crippen LogP contribution in [-0.2, 0) is 4.74 Å². The minimum atomic E-state index is -5.91. The van der Waals surface area contributed by atoms with Gasteiger partial charge in [-0.2, -0.15) is 26.3 Å². The number of hydrogen-bond donors (Lipinski definition) is 2. The summed E-state index contributed by atoms with van der Waals surface area (Å²) in [6.07, 6.45) is -12.7. The second-order valence-electron chi connectivity index (χ2n) is 4.38. The van der Waals surface area contributed by atoms with E-state index in [-0.39, 0.29) is 5.56 Å². The Labute approximate surface area is 127 Å². The highest BCUT2D eigenvalue weighted by molar-refractivity contribution is 5.69. The Hall–Kier alpha value is -2.20. The molecule has 0 atom stereocenters. The number of nitrogens with zero attached hydrogens (tertiary/aromatic N) is 1. The van der Waals surface area contributed by atoms with Gasteiger partial charge in [-0.25, -0.2) is 9.78 Å². The molecule has 130 valence electrons. The molecule has 0 radical (unpaired) electrons. The Balaban J connectivity index is 3.39. The number of amides is 1. The van der Waals surface area contributed by atoms with Gasteiger partial charge in [-0.05, 0) is 25.5 Å². The summed E-state index contributed by atoms with van der Waals surface area (Å²) in [5.74, 6) is -0.682. The standard InChI is InChI=1S/C12H13F6N3O2/c1-3-23-9(22)21-10(11(13,14)15,12(16,17)18)20-8-7(2)5-4-6-19-8/h4-6H,3H2,1-2H3,(H,19,20)(H,21,22). The van der Waals surface area contributed by atoms with E-state index in [0.29, 0.717) is 0 Å². The fraction of sp³-hybridized carbons (Fsp3) is 0.500. The predicted octanol–water partition coefficient (Wildman–Crippen LogP) is 3.37. The van der Waals surface area contributed by atoms with E-state index in [9.17, 15) is 31.1 Å². The third-order valence-electron chi connectivity index (χ3n) is 2.73. The molecule has 1 amide bonds. The van der Waals surface area contributed by atoms with Gasteiger partial charge in [0.1, 0.15) is 5.82 Å². The molecule has 2 N–H and O–H groups in total. The number of alkyl halides is 6. The van der Waals surface area contributed by atoms with Crippen LogP contribution in [0.15, 0.2) is 18.3 Å². The van der Waals surface area contributed by atoms with Gasteiger partial charge in [0.2, 0.25) is 0 Å². The number of anilines is 1. The van der Waals surface area contributed by atoms with Crippen LogP contribution >= 0.6 is 0 Å². The molecule has 23 heavy (non-hydrogen) atoms. The van der Waals surface area contributed by atoms with E-state index in [1.165, 1.54) is 31.3 Å². The number of alkyl carbamates (subject to hydrolysis) is 1. The number of carbonyl (C=O) groups is 1. The van der Waals surface area contributed by atoms with Crippen molar-refractivity contribution in [3.8, 4) is 0 Å². The highest BCUT2D eigenvalue weighted by atomic mass is 19.4. The molecule has 0 aliphatic rings. The summed E-state index contributed by atoms with van der Waals surface area (Å²) >= 11 is 0. The van der Waals surface area contributed by atoms with E-state index in [1.807, 2.05) is 0 Å². The molecule has 1 heterocycles. The van der Waals surface area contributed by atoms with Gasteiger partial charge in [-0.1, -0.05) is 6.07 Å². The average molecular weight is 345 g/mol. The largest absolute Gasteiger partial charge is 0.450 e. The summed E-state index contributed by atoms with van der Waals surface area (Å²) in [5.41, 5.74) is -4.72. The fourth-order valence-corrected chi connectivity index (χ4v) is 1.59. The molecule has 0 saturated carbocycles. The van der Waals surface area contributed by atoms with Gasteiger partial charge in [-0.15, -0.1) is 0 Å². The smallest absolute Gasteiger partial charge is 0.439 e. The Morgan fingerprint density at radius 3 is 2.22 bits per heavy atom. The lowest BCUT2D eigenvalue weighted by Gasteiger charge is -2.38. The summed E-state index contributed by atoms with van der Waals surface area (Å²) in [7, 11) is 0. The Morgan fingerprint density at radius 2 is 1.78 bits per heavy atom. The lowest BCUT2D eigenvalue weighted by molar-refractivity contribution is -0.295. The summed E-state index contributed by atoms with van der Waals surface area (Å²) < 4.78 is 83.4. The number of nitrogens with one attached hydrogen (secondary N) is 2. The van der Waals surface area contributed by atoms with Crippen LogP contribution in [0.1, 0.15) is 12.5 Å². The summed E-state index contributed by atoms with van der Waals surface area (Å²) in [4.78, 5) is 14.7. The highest BCUT2D eigenvalue weighted by Gasteiger charge is 2.73. The van der Waals surface area contributed by atoms with Crippen molar-refractivity contribution in [2.24, 2.45) is 0 Å². The minimum absolute atomic E-state index is 0.0241. The lowest BCUT2D eigenvalue weighted by atomic mass is 10.1. The molecular formula is C12H13F6N3O2. The number of halogens is 6. The fourth-order valence-electron chi connectivity index (χ4n) is 1.59. The molecule has 0 aliphatic heterocycles. The lowest BCUT2D eigenvalue weighted by Crippen LogP contribution is -2.72. The second kappa shape index (κ2) is 6.50. The third-order valence-corrected chi connectivity index (χ3v) is 2.73. The van der Waals surface area contributed by atoms with Crippen LogP contribution < -0.4 is 10.6 Å². The second-order valence-corrected chi connectivity index (χ2v) is 4.38. The first-order valence-corrected chi connectivity index (χ1v) is 6.23. The molecule has 0 spiro atoms. The molecule has 0 fully saturated rings. The zero-order valence-electron chi connectivity index (χ0n) is 12.0. The molecule has 0 saturated heterocycles. The Morgan fingerprint density at radius 1 is 1.22 bits per heavy atom. The first-order valence-electron chi connectivity index (χ1n) is 6.23. The van der Waals surface area contributed by atoms with Gasteiger partial charge in [-0.3, -0.25) is 5.32 Å². The van der Waals surface area contributed by atoms with Crippen molar-refractivity contribution in [3.63, 3.8) is 0 Å². The number of pyridine rings is 1. The zero-order valence-corrected chi connectivity index (χ0v) is 12.0. The monoisotopic (exact) mass is 345 g/mol. The molecular weight excluding hydrogens is 332 g/mol. The maximum absolute atomic E-state index is 13.2. The Kier molecular flexibility index (Phi) is 5.33. The van der Waals surface area contributed by atoms with Crippen molar-refractivity contribution in [1.29, 1.82) is 0 Å². The van der Waals surface area contributed by atoms with Crippen molar-refractivity contribution in [2.45, 2.75) is 31.9 Å². The summed E-state index contributed by atoms with van der Waals surface area (Å²) in [6.45, 7) is 2.09. The normalized spacial score (nSPS) is 12.7. The van der Waals surface area contributed by atoms with Crippen LogP contribution in [-0.4, -0.2) is 35.7 Å². The maximum Gasteiger partial charge on any atom is 0.439 e. The van der Waals surface area contributed by atoms with Gasteiger partial charge >= 0.3 is 24.1 Å². The van der Waals surface area contributed by atoms with Crippen LogP contribution in [0.25, 0.3) is 0 Å². The molecule has 1 rings (SSSR count).